The zero-order valence-electron chi connectivity index (χ0n) is 14.6. The lowest BCUT2D eigenvalue weighted by Crippen LogP contribution is -2.37. The Bertz CT molecular complexity index is 707. The lowest BCUT2D eigenvalue weighted by Gasteiger charge is -2.13. The quantitative estimate of drug-likeness (QED) is 0.350. The van der Waals surface area contributed by atoms with Gasteiger partial charge in [-0.2, -0.15) is 0 Å². The molecular formula is C19H25FIN3O. The first-order valence-electron chi connectivity index (χ1n) is 8.20. The van der Waals surface area contributed by atoms with Gasteiger partial charge in [-0.05, 0) is 42.2 Å². The number of benzene rings is 2. The van der Waals surface area contributed by atoms with Crippen LogP contribution < -0.4 is 10.6 Å². The number of nitrogens with one attached hydrogen (secondary N) is 2. The Morgan fingerprint density at radius 1 is 1.08 bits per heavy atom. The molecule has 25 heavy (non-hydrogen) atoms. The fourth-order valence-electron chi connectivity index (χ4n) is 2.41. The molecule has 0 aliphatic carbocycles. The number of hydrogen-bond acceptors (Lipinski definition) is 2. The predicted octanol–water partition coefficient (Wildman–Crippen LogP) is 3.97. The first-order chi connectivity index (χ1) is 11.6. The summed E-state index contributed by atoms with van der Waals surface area (Å²) in [5, 5.41) is 15.7. The molecule has 0 fully saturated rings. The monoisotopic (exact) mass is 457 g/mol. The first kappa shape index (κ1) is 21.2. The first-order valence-corrected chi connectivity index (χ1v) is 8.20. The minimum atomic E-state index is -0.627. The average molecular weight is 457 g/mol. The summed E-state index contributed by atoms with van der Waals surface area (Å²) < 4.78 is 13.4. The Balaban J connectivity index is 0.00000312. The number of guanidine groups is 1. The van der Waals surface area contributed by atoms with E-state index in [4.69, 9.17) is 0 Å². The van der Waals surface area contributed by atoms with Gasteiger partial charge in [0.25, 0.3) is 0 Å². The van der Waals surface area contributed by atoms with Crippen molar-refractivity contribution < 1.29 is 9.50 Å². The summed E-state index contributed by atoms with van der Waals surface area (Å²) in [7, 11) is 0. The second kappa shape index (κ2) is 10.9. The highest BCUT2D eigenvalue weighted by Crippen LogP contribution is 2.16. The predicted molar refractivity (Wildman–Crippen MR) is 111 cm³/mol. The van der Waals surface area contributed by atoms with E-state index in [1.54, 1.807) is 6.07 Å². The Hall–Kier alpha value is -1.83. The molecule has 2 aromatic rings. The van der Waals surface area contributed by atoms with Gasteiger partial charge in [0.05, 0.1) is 6.54 Å². The van der Waals surface area contributed by atoms with Crippen LogP contribution in [0.1, 0.15) is 30.5 Å². The molecule has 0 bridgehead atoms. The van der Waals surface area contributed by atoms with Gasteiger partial charge in [0.2, 0.25) is 0 Å². The smallest absolute Gasteiger partial charge is 0.191 e. The van der Waals surface area contributed by atoms with E-state index in [2.05, 4.69) is 34.7 Å². The van der Waals surface area contributed by atoms with Crippen LogP contribution in [0.3, 0.4) is 0 Å². The van der Waals surface area contributed by atoms with E-state index in [0.29, 0.717) is 24.6 Å². The summed E-state index contributed by atoms with van der Waals surface area (Å²) in [5.41, 5.74) is 3.25. The van der Waals surface area contributed by atoms with Gasteiger partial charge in [0.15, 0.2) is 17.5 Å². The summed E-state index contributed by atoms with van der Waals surface area (Å²) in [6.45, 7) is 5.89. The highest BCUT2D eigenvalue weighted by Gasteiger charge is 2.04. The van der Waals surface area contributed by atoms with Gasteiger partial charge in [-0.3, -0.25) is 0 Å². The topological polar surface area (TPSA) is 56.7 Å². The molecule has 2 rings (SSSR count). The maximum atomic E-state index is 13.4. The number of phenolic OH excluding ortho intramolecular Hbond substituents is 1. The molecule has 0 unspecified atom stereocenters. The van der Waals surface area contributed by atoms with E-state index < -0.39 is 5.82 Å². The number of halogens is 2. The number of aryl methyl sites for hydroxylation is 1. The Kier molecular flexibility index (Phi) is 9.26. The second-order valence-corrected chi connectivity index (χ2v) is 5.46. The van der Waals surface area contributed by atoms with Crippen molar-refractivity contribution in [1.29, 1.82) is 0 Å². The third kappa shape index (κ3) is 6.53. The fourth-order valence-corrected chi connectivity index (χ4v) is 2.41. The van der Waals surface area contributed by atoms with Crippen LogP contribution >= 0.6 is 24.0 Å². The van der Waals surface area contributed by atoms with Crippen molar-refractivity contribution in [2.45, 2.75) is 33.4 Å². The number of aliphatic imine (C=N–C) groups is 1. The molecule has 0 saturated heterocycles. The minimum absolute atomic E-state index is 0. The maximum Gasteiger partial charge on any atom is 0.191 e. The van der Waals surface area contributed by atoms with E-state index in [-0.39, 0.29) is 29.7 Å². The van der Waals surface area contributed by atoms with Crippen LogP contribution in [0.15, 0.2) is 47.5 Å². The third-order valence-corrected chi connectivity index (χ3v) is 3.72. The lowest BCUT2D eigenvalue weighted by molar-refractivity contribution is 0.432. The summed E-state index contributed by atoms with van der Waals surface area (Å²) in [4.78, 5) is 4.47. The standard InChI is InChI=1S/C19H24FN3O.HI/c1-3-15-7-5-6-8-16(15)13-23-19(21-4-2)22-12-14-9-10-18(24)17(20)11-14;/h5-11,24H,3-4,12-13H2,1-2H3,(H2,21,22,23);1H. The second-order valence-electron chi connectivity index (χ2n) is 5.46. The van der Waals surface area contributed by atoms with Crippen LogP contribution in [0, 0.1) is 5.82 Å². The normalized spacial score (nSPS) is 10.9. The fraction of sp³-hybridized carbons (Fsp3) is 0.316. The van der Waals surface area contributed by atoms with Crippen molar-refractivity contribution in [1.82, 2.24) is 10.6 Å². The van der Waals surface area contributed by atoms with Gasteiger partial charge in [0.1, 0.15) is 0 Å². The summed E-state index contributed by atoms with van der Waals surface area (Å²) in [6.07, 6.45) is 0.984. The molecule has 0 radical (unpaired) electrons. The molecule has 136 valence electrons. The number of hydrogen-bond donors (Lipinski definition) is 3. The summed E-state index contributed by atoms with van der Waals surface area (Å²) in [6, 6.07) is 12.6. The van der Waals surface area contributed by atoms with Gasteiger partial charge < -0.3 is 15.7 Å². The number of aromatic hydroxyl groups is 1. The van der Waals surface area contributed by atoms with Gasteiger partial charge in [-0.1, -0.05) is 37.3 Å². The van der Waals surface area contributed by atoms with Crippen LogP contribution in [0.2, 0.25) is 0 Å². The van der Waals surface area contributed by atoms with Crippen molar-refractivity contribution in [2.24, 2.45) is 4.99 Å². The molecule has 0 spiro atoms. The van der Waals surface area contributed by atoms with Crippen LogP contribution in [0.4, 0.5) is 4.39 Å². The van der Waals surface area contributed by atoms with Crippen molar-refractivity contribution in [3.05, 3.63) is 65.0 Å². The SMILES string of the molecule is CCNC(=NCc1ccc(O)c(F)c1)NCc1ccccc1CC.I. The lowest BCUT2D eigenvalue weighted by atomic mass is 10.1. The largest absolute Gasteiger partial charge is 0.505 e. The molecule has 0 amide bonds. The zero-order valence-corrected chi connectivity index (χ0v) is 16.9. The van der Waals surface area contributed by atoms with Gasteiger partial charge in [-0.25, -0.2) is 9.38 Å². The molecule has 3 N–H and O–H groups in total. The van der Waals surface area contributed by atoms with Crippen molar-refractivity contribution >= 4 is 29.9 Å². The van der Waals surface area contributed by atoms with Crippen LogP contribution in [0.25, 0.3) is 0 Å². The van der Waals surface area contributed by atoms with Crippen LogP contribution in [-0.2, 0) is 19.5 Å². The molecule has 0 heterocycles. The van der Waals surface area contributed by atoms with Crippen molar-refractivity contribution in [3.63, 3.8) is 0 Å². The highest BCUT2D eigenvalue weighted by molar-refractivity contribution is 14.0. The Morgan fingerprint density at radius 3 is 2.44 bits per heavy atom. The molecular weight excluding hydrogens is 432 g/mol. The van der Waals surface area contributed by atoms with Crippen LogP contribution in [0.5, 0.6) is 5.75 Å². The van der Waals surface area contributed by atoms with E-state index in [9.17, 15) is 9.50 Å². The molecule has 0 aliphatic rings. The molecule has 6 heteroatoms. The molecule has 2 aromatic carbocycles. The number of phenols is 1. The van der Waals surface area contributed by atoms with Crippen LogP contribution in [-0.4, -0.2) is 17.6 Å². The van der Waals surface area contributed by atoms with E-state index in [1.807, 2.05) is 19.1 Å². The summed E-state index contributed by atoms with van der Waals surface area (Å²) in [5.74, 6) is -0.293. The maximum absolute atomic E-state index is 13.4. The third-order valence-electron chi connectivity index (χ3n) is 3.72. The van der Waals surface area contributed by atoms with E-state index in [0.717, 1.165) is 13.0 Å². The molecule has 0 saturated carbocycles. The summed E-state index contributed by atoms with van der Waals surface area (Å²) >= 11 is 0. The van der Waals surface area contributed by atoms with Gasteiger partial charge >= 0.3 is 0 Å². The Morgan fingerprint density at radius 2 is 1.80 bits per heavy atom. The van der Waals surface area contributed by atoms with E-state index >= 15 is 0 Å². The van der Waals surface area contributed by atoms with Crippen molar-refractivity contribution in [3.8, 4) is 5.75 Å². The molecule has 0 aliphatic heterocycles. The average Bonchev–Trinajstić information content (AvgIpc) is 2.60. The Labute approximate surface area is 165 Å². The number of nitrogens with zero attached hydrogens (tertiary/aromatic N) is 1. The van der Waals surface area contributed by atoms with E-state index in [1.165, 1.54) is 23.3 Å². The van der Waals surface area contributed by atoms with Gasteiger partial charge in [0, 0.05) is 13.1 Å². The van der Waals surface area contributed by atoms with Crippen molar-refractivity contribution in [2.75, 3.05) is 6.54 Å². The zero-order chi connectivity index (χ0) is 17.4. The molecule has 0 atom stereocenters. The molecule has 4 nitrogen and oxygen atoms in total. The van der Waals surface area contributed by atoms with Gasteiger partial charge in [-0.15, -0.1) is 24.0 Å². The molecule has 0 aromatic heterocycles. The minimum Gasteiger partial charge on any atom is -0.505 e. The highest BCUT2D eigenvalue weighted by atomic mass is 127. The number of rotatable bonds is 6.